The number of anilines is 1. The zero-order valence-electron chi connectivity index (χ0n) is 21.4. The summed E-state index contributed by atoms with van der Waals surface area (Å²) < 4.78 is 18.9. The zero-order chi connectivity index (χ0) is 28.2. The number of furan rings is 1. The number of halogens is 1. The molecule has 2 aromatic heterocycles. The van der Waals surface area contributed by atoms with Crippen molar-refractivity contribution in [1.82, 2.24) is 10.3 Å². The van der Waals surface area contributed by atoms with E-state index in [4.69, 9.17) is 10.2 Å². The van der Waals surface area contributed by atoms with Crippen molar-refractivity contribution in [3.8, 4) is 34.2 Å². The van der Waals surface area contributed by atoms with Gasteiger partial charge in [0.2, 0.25) is 0 Å². The second-order valence-electron chi connectivity index (χ2n) is 9.59. The van der Waals surface area contributed by atoms with E-state index in [0.717, 1.165) is 37.8 Å². The van der Waals surface area contributed by atoms with Crippen LogP contribution in [0.25, 0.3) is 22.4 Å². The van der Waals surface area contributed by atoms with Crippen LogP contribution in [0.2, 0.25) is 0 Å². The lowest BCUT2D eigenvalue weighted by Crippen LogP contribution is -2.49. The Morgan fingerprint density at radius 3 is 2.60 bits per heavy atom. The van der Waals surface area contributed by atoms with Gasteiger partial charge in [-0.1, -0.05) is 25.0 Å². The van der Waals surface area contributed by atoms with Gasteiger partial charge in [0.15, 0.2) is 11.6 Å². The Morgan fingerprint density at radius 2 is 1.88 bits per heavy atom. The third kappa shape index (κ3) is 5.55. The molecule has 0 bridgehead atoms. The molecule has 5 N–H and O–H groups in total. The van der Waals surface area contributed by atoms with Crippen LogP contribution in [0.5, 0.6) is 5.75 Å². The van der Waals surface area contributed by atoms with Crippen LogP contribution in [-0.4, -0.2) is 34.0 Å². The fourth-order valence-electron chi connectivity index (χ4n) is 4.83. The van der Waals surface area contributed by atoms with Crippen LogP contribution in [0.3, 0.4) is 0 Å². The molecule has 0 spiro atoms. The molecule has 2 heterocycles. The summed E-state index contributed by atoms with van der Waals surface area (Å²) in [5.41, 5.74) is 7.79. The first kappa shape index (κ1) is 26.6. The maximum atomic E-state index is 13.7. The average molecular weight is 540 g/mol. The largest absolute Gasteiger partial charge is 0.507 e. The van der Waals surface area contributed by atoms with Crippen molar-refractivity contribution in [3.63, 3.8) is 0 Å². The second kappa shape index (κ2) is 11.4. The number of aromatic nitrogens is 1. The summed E-state index contributed by atoms with van der Waals surface area (Å²) in [6, 6.07) is 16.5. The van der Waals surface area contributed by atoms with E-state index >= 15 is 0 Å². The van der Waals surface area contributed by atoms with Gasteiger partial charge in [-0.2, -0.15) is 5.26 Å². The number of rotatable bonds is 6. The number of hydrogen-bond donors (Lipinski definition) is 4. The normalized spacial score (nSPS) is 16.6. The summed E-state index contributed by atoms with van der Waals surface area (Å²) in [6.07, 6.45) is 5.01. The lowest BCUT2D eigenvalue weighted by atomic mass is 9.90. The quantitative estimate of drug-likeness (QED) is 0.269. The number of carbonyl (C=O) groups is 2. The summed E-state index contributed by atoms with van der Waals surface area (Å²) in [7, 11) is 0. The molecule has 4 aromatic rings. The van der Waals surface area contributed by atoms with E-state index in [2.05, 4.69) is 21.7 Å². The third-order valence-electron chi connectivity index (χ3n) is 6.92. The standard InChI is InChI=1S/C30H26FN5O4/c31-19-10-11-20(26(37)14-19)25-15-21(22(16-32)28(34-25)36-30(39)27-9-4-12-40-27)17-5-3-6-18(13-17)29(38)35-24-8-2-1-7-23(24)33/h3-6,9-15,23-24,37H,1-2,7-8,33H2,(H,35,38)(H,34,36,39)/t23-,24+/m1/s1. The zero-order valence-corrected chi connectivity index (χ0v) is 21.4. The first-order valence-electron chi connectivity index (χ1n) is 12.8. The summed E-state index contributed by atoms with van der Waals surface area (Å²) in [4.78, 5) is 30.3. The number of phenolic OH excluding ortho intramolecular Hbond substituents is 1. The number of phenols is 1. The predicted molar refractivity (Wildman–Crippen MR) is 146 cm³/mol. The fourth-order valence-corrected chi connectivity index (χ4v) is 4.83. The molecule has 1 fully saturated rings. The van der Waals surface area contributed by atoms with E-state index in [0.29, 0.717) is 16.7 Å². The van der Waals surface area contributed by atoms with Crippen LogP contribution < -0.4 is 16.4 Å². The van der Waals surface area contributed by atoms with E-state index in [-0.39, 0.29) is 52.1 Å². The highest BCUT2D eigenvalue weighted by atomic mass is 19.1. The van der Waals surface area contributed by atoms with E-state index in [1.165, 1.54) is 18.4 Å². The molecule has 2 atom stereocenters. The number of hydrogen-bond acceptors (Lipinski definition) is 7. The Balaban J connectivity index is 1.58. The topological polar surface area (TPSA) is 154 Å². The molecule has 0 aliphatic heterocycles. The molecule has 0 unspecified atom stereocenters. The van der Waals surface area contributed by atoms with Crippen LogP contribution in [0.15, 0.2) is 71.3 Å². The molecule has 0 radical (unpaired) electrons. The van der Waals surface area contributed by atoms with E-state index in [9.17, 15) is 24.3 Å². The smallest absolute Gasteiger partial charge is 0.292 e. The predicted octanol–water partition coefficient (Wildman–Crippen LogP) is 4.98. The van der Waals surface area contributed by atoms with Crippen LogP contribution in [0, 0.1) is 17.1 Å². The van der Waals surface area contributed by atoms with Crippen LogP contribution in [-0.2, 0) is 0 Å². The van der Waals surface area contributed by atoms with Crippen LogP contribution >= 0.6 is 0 Å². The van der Waals surface area contributed by atoms with Crippen molar-refractivity contribution in [2.75, 3.05) is 5.32 Å². The van der Waals surface area contributed by atoms with Crippen molar-refractivity contribution >= 4 is 17.6 Å². The minimum Gasteiger partial charge on any atom is -0.507 e. The molecule has 0 saturated heterocycles. The number of amides is 2. The first-order valence-corrected chi connectivity index (χ1v) is 12.8. The van der Waals surface area contributed by atoms with Crippen molar-refractivity contribution < 1.29 is 23.5 Å². The number of nitrogens with two attached hydrogens (primary N) is 1. The Hall–Kier alpha value is -5.01. The van der Waals surface area contributed by atoms with Gasteiger partial charge in [0, 0.05) is 34.8 Å². The highest BCUT2D eigenvalue weighted by molar-refractivity contribution is 6.03. The van der Waals surface area contributed by atoms with Crippen molar-refractivity contribution in [2.45, 2.75) is 37.8 Å². The van der Waals surface area contributed by atoms with Crippen LogP contribution in [0.4, 0.5) is 10.2 Å². The van der Waals surface area contributed by atoms with Gasteiger partial charge in [-0.05, 0) is 60.9 Å². The Kier molecular flexibility index (Phi) is 7.57. The molecule has 9 nitrogen and oxygen atoms in total. The van der Waals surface area contributed by atoms with Crippen LogP contribution in [0.1, 0.15) is 52.2 Å². The summed E-state index contributed by atoms with van der Waals surface area (Å²) in [5.74, 6) is -2.04. The van der Waals surface area contributed by atoms with Gasteiger partial charge in [-0.15, -0.1) is 0 Å². The monoisotopic (exact) mass is 539 g/mol. The van der Waals surface area contributed by atoms with Gasteiger partial charge in [-0.25, -0.2) is 9.37 Å². The van der Waals surface area contributed by atoms with E-state index in [1.807, 2.05) is 0 Å². The maximum Gasteiger partial charge on any atom is 0.292 e. The van der Waals surface area contributed by atoms with Gasteiger partial charge in [0.05, 0.1) is 12.0 Å². The minimum absolute atomic E-state index is 0.00172. The SMILES string of the molecule is N#Cc1c(-c2cccc(C(=O)N[C@H]3CCCC[C@H]3N)c2)cc(-c2ccc(F)cc2O)nc1NC(=O)c1ccco1. The number of aromatic hydroxyl groups is 1. The Labute approximate surface area is 229 Å². The number of nitrogens with zero attached hydrogens (tertiary/aromatic N) is 2. The summed E-state index contributed by atoms with van der Waals surface area (Å²) >= 11 is 0. The molecule has 2 amide bonds. The molecule has 202 valence electrons. The Morgan fingerprint density at radius 1 is 1.05 bits per heavy atom. The van der Waals surface area contributed by atoms with E-state index in [1.54, 1.807) is 36.4 Å². The van der Waals surface area contributed by atoms with Crippen molar-refractivity contribution in [1.29, 1.82) is 5.26 Å². The molecule has 2 aromatic carbocycles. The number of nitriles is 1. The maximum absolute atomic E-state index is 13.7. The van der Waals surface area contributed by atoms with E-state index < -0.39 is 11.7 Å². The molecule has 5 rings (SSSR count). The first-order chi connectivity index (χ1) is 19.3. The average Bonchev–Trinajstić information content (AvgIpc) is 3.49. The number of pyridine rings is 1. The number of carbonyl (C=O) groups excluding carboxylic acids is 2. The van der Waals surface area contributed by atoms with Crippen molar-refractivity contribution in [3.05, 3.63) is 89.6 Å². The lowest BCUT2D eigenvalue weighted by molar-refractivity contribution is 0.0920. The Bertz CT molecular complexity index is 1610. The molecule has 40 heavy (non-hydrogen) atoms. The second-order valence-corrected chi connectivity index (χ2v) is 9.59. The lowest BCUT2D eigenvalue weighted by Gasteiger charge is -2.29. The van der Waals surface area contributed by atoms with Gasteiger partial charge < -0.3 is 25.9 Å². The van der Waals surface area contributed by atoms with Gasteiger partial charge >= 0.3 is 0 Å². The molecule has 10 heteroatoms. The molecule has 1 saturated carbocycles. The molecule has 1 aliphatic carbocycles. The van der Waals surface area contributed by atoms with Gasteiger partial charge in [0.1, 0.15) is 23.2 Å². The van der Waals surface area contributed by atoms with Gasteiger partial charge in [0.25, 0.3) is 11.8 Å². The summed E-state index contributed by atoms with van der Waals surface area (Å²) in [5, 5.41) is 26.2. The highest BCUT2D eigenvalue weighted by Crippen LogP contribution is 2.36. The molecular weight excluding hydrogens is 513 g/mol. The minimum atomic E-state index is -0.641. The third-order valence-corrected chi connectivity index (χ3v) is 6.92. The molecular formula is C30H26FN5O4. The number of nitrogens with one attached hydrogen (secondary N) is 2. The summed E-state index contributed by atoms with van der Waals surface area (Å²) in [6.45, 7) is 0. The fraction of sp³-hybridized carbons (Fsp3) is 0.200. The van der Waals surface area contributed by atoms with Crippen molar-refractivity contribution in [2.24, 2.45) is 5.73 Å². The molecule has 1 aliphatic rings. The number of benzene rings is 2. The van der Waals surface area contributed by atoms with Gasteiger partial charge in [-0.3, -0.25) is 9.59 Å². The highest BCUT2D eigenvalue weighted by Gasteiger charge is 2.25.